The maximum atomic E-state index is 9.29. The third kappa shape index (κ3) is 3.41. The van der Waals surface area contributed by atoms with E-state index < -0.39 is 0 Å². The summed E-state index contributed by atoms with van der Waals surface area (Å²) >= 11 is 0. The van der Waals surface area contributed by atoms with Crippen LogP contribution in [0, 0.1) is 0 Å². The van der Waals surface area contributed by atoms with E-state index in [4.69, 9.17) is 9.90 Å². The Labute approximate surface area is 235 Å². The van der Waals surface area contributed by atoms with Gasteiger partial charge in [-0.3, -0.25) is 0 Å². The van der Waals surface area contributed by atoms with Gasteiger partial charge in [0.15, 0.2) is 0 Å². The number of hydrogen-bond donors (Lipinski definition) is 0. The number of benzene rings is 7. The van der Waals surface area contributed by atoms with Gasteiger partial charge in [0.25, 0.3) is 0 Å². The molecule has 1 nitrogen and oxygen atoms in total. The summed E-state index contributed by atoms with van der Waals surface area (Å²) in [5.74, 6) is 0. The van der Waals surface area contributed by atoms with Crippen molar-refractivity contribution in [2.24, 2.45) is 0 Å². The second kappa shape index (κ2) is 8.72. The Balaban J connectivity index is 1.46. The molecule has 7 aromatic carbocycles. The van der Waals surface area contributed by atoms with Gasteiger partial charge in [0, 0.05) is 16.3 Å². The monoisotopic (exact) mass is 502 g/mol. The number of furan rings is 1. The topological polar surface area (TPSA) is 13.1 Å². The third-order valence-electron chi connectivity index (χ3n) is 7.46. The lowest BCUT2D eigenvalue weighted by molar-refractivity contribution is 0.670. The molecule has 0 amide bonds. The number of rotatable bonds is 3. The van der Waals surface area contributed by atoms with Crippen molar-refractivity contribution in [1.29, 1.82) is 0 Å². The number of fused-ring (bicyclic) bond motifs is 5. The van der Waals surface area contributed by atoms with Gasteiger partial charge in [-0.1, -0.05) is 139 Å². The molecule has 1 heterocycles. The molecule has 0 N–H and O–H groups in total. The van der Waals surface area contributed by atoms with Crippen LogP contribution >= 0.6 is 0 Å². The zero-order valence-electron chi connectivity index (χ0n) is 26.8. The first-order chi connectivity index (χ1) is 21.8. The van der Waals surface area contributed by atoms with E-state index >= 15 is 0 Å². The first-order valence-corrected chi connectivity index (χ1v) is 12.9. The fourth-order valence-corrected chi connectivity index (χ4v) is 5.73. The highest BCUT2D eigenvalue weighted by molar-refractivity contribution is 6.21. The van der Waals surface area contributed by atoms with Crippen LogP contribution < -0.4 is 0 Å². The molecule has 1 heteroatoms. The normalized spacial score (nSPS) is 13.7. The summed E-state index contributed by atoms with van der Waals surface area (Å²) in [5.41, 5.74) is 5.47. The van der Waals surface area contributed by atoms with Gasteiger partial charge in [-0.15, -0.1) is 0 Å². The van der Waals surface area contributed by atoms with Crippen molar-refractivity contribution < 1.29 is 12.6 Å². The van der Waals surface area contributed by atoms with E-state index in [0.29, 0.717) is 43.8 Å². The molecule has 8 aromatic rings. The molecule has 8 rings (SSSR count). The van der Waals surface area contributed by atoms with Crippen LogP contribution in [0.4, 0.5) is 0 Å². The van der Waals surface area contributed by atoms with E-state index in [1.165, 1.54) is 0 Å². The molecule has 0 saturated carbocycles. The lowest BCUT2D eigenvalue weighted by atomic mass is 9.86. The van der Waals surface area contributed by atoms with Crippen LogP contribution in [-0.4, -0.2) is 0 Å². The maximum absolute atomic E-state index is 9.29. The Morgan fingerprint density at radius 1 is 0.410 bits per heavy atom. The summed E-state index contributed by atoms with van der Waals surface area (Å²) in [7, 11) is 0. The molecule has 0 atom stereocenters. The first-order valence-electron chi connectivity index (χ1n) is 15.9. The van der Waals surface area contributed by atoms with Crippen molar-refractivity contribution in [2.45, 2.75) is 0 Å². The van der Waals surface area contributed by atoms with Crippen LogP contribution in [0.25, 0.3) is 76.9 Å². The smallest absolute Gasteiger partial charge is 0.143 e. The molecule has 1 aromatic heterocycles. The van der Waals surface area contributed by atoms with E-state index in [9.17, 15) is 2.74 Å². The fourth-order valence-electron chi connectivity index (χ4n) is 5.73. The van der Waals surface area contributed by atoms with Crippen LogP contribution in [0.2, 0.25) is 0 Å². The van der Waals surface area contributed by atoms with Crippen molar-refractivity contribution in [3.8, 4) is 33.4 Å². The van der Waals surface area contributed by atoms with Gasteiger partial charge < -0.3 is 4.42 Å². The van der Waals surface area contributed by atoms with Crippen LogP contribution in [-0.2, 0) is 0 Å². The van der Waals surface area contributed by atoms with Gasteiger partial charge in [0.2, 0.25) is 0 Å². The van der Waals surface area contributed by atoms with Crippen molar-refractivity contribution in [1.82, 2.24) is 0 Å². The lowest BCUT2D eigenvalue weighted by Crippen LogP contribution is -1.90. The number of para-hydroxylation sites is 2. The van der Waals surface area contributed by atoms with Crippen molar-refractivity contribution in [2.75, 3.05) is 0 Å². The van der Waals surface area contributed by atoms with E-state index in [-0.39, 0.29) is 36.3 Å². The van der Waals surface area contributed by atoms with Crippen LogP contribution in [0.1, 0.15) is 8.22 Å². The molecule has 0 radical (unpaired) electrons. The van der Waals surface area contributed by atoms with Gasteiger partial charge in [-0.2, -0.15) is 0 Å². The van der Waals surface area contributed by atoms with E-state index in [0.717, 1.165) is 33.0 Å². The molecule has 0 fully saturated rings. The molecule has 0 spiro atoms. The van der Waals surface area contributed by atoms with E-state index in [1.54, 1.807) is 36.4 Å². The molecule has 0 aliphatic carbocycles. The summed E-state index contributed by atoms with van der Waals surface area (Å²) < 4.78 is 58.8. The molecule has 0 aliphatic rings. The largest absolute Gasteiger partial charge is 0.455 e. The predicted molar refractivity (Wildman–Crippen MR) is 165 cm³/mol. The number of hydrogen-bond acceptors (Lipinski definition) is 1. The maximum Gasteiger partial charge on any atom is 0.143 e. The Morgan fingerprint density at radius 3 is 1.69 bits per heavy atom. The van der Waals surface area contributed by atoms with E-state index in [1.807, 2.05) is 72.8 Å². The van der Waals surface area contributed by atoms with Gasteiger partial charge in [0.05, 0.1) is 8.22 Å². The van der Waals surface area contributed by atoms with Crippen LogP contribution in [0.3, 0.4) is 0 Å². The zero-order valence-corrected chi connectivity index (χ0v) is 20.8. The SMILES string of the molecule is [2H]c1cc2c(-c3ccccc3)c3cc([2H])c([2H])cc3c(-c3cc([2H])c(-c4cccc5c4oc4ccccc45)cc3[2H])c2cc1[2H]. The summed E-state index contributed by atoms with van der Waals surface area (Å²) in [4.78, 5) is 0. The second-order valence-electron chi connectivity index (χ2n) is 9.61. The highest BCUT2D eigenvalue weighted by Gasteiger charge is 2.17. The molecule has 182 valence electrons. The van der Waals surface area contributed by atoms with Crippen LogP contribution in [0.15, 0.2) is 150 Å². The Hall–Kier alpha value is -5.14. The minimum atomic E-state index is 0.0381. The molecule has 39 heavy (non-hydrogen) atoms. The Morgan fingerprint density at radius 2 is 0.974 bits per heavy atom. The average Bonchev–Trinajstić information content (AvgIpc) is 3.42. The van der Waals surface area contributed by atoms with E-state index in [2.05, 4.69) is 0 Å². The summed E-state index contributed by atoms with van der Waals surface area (Å²) in [6, 6.07) is 33.9. The summed E-state index contributed by atoms with van der Waals surface area (Å²) in [6.45, 7) is 0. The standard InChI is InChI=1S/C38H24O/c1-2-11-26(12-3-1)36-30-14-4-6-16-32(30)37(33-17-7-5-15-31(33)36)27-23-21-25(22-24-27)28-18-10-19-34-29-13-8-9-20-35(29)39-38(28)34/h1-24H/i4D,5D,6D,7D,21D,24D. The Bertz CT molecular complexity index is 2430. The summed E-state index contributed by atoms with van der Waals surface area (Å²) in [5, 5.41) is 4.65. The third-order valence-corrected chi connectivity index (χ3v) is 7.46. The van der Waals surface area contributed by atoms with Gasteiger partial charge in [-0.05, 0) is 55.4 Å². The van der Waals surface area contributed by atoms with Gasteiger partial charge >= 0.3 is 0 Å². The van der Waals surface area contributed by atoms with Gasteiger partial charge in [-0.25, -0.2) is 0 Å². The van der Waals surface area contributed by atoms with Gasteiger partial charge in [0.1, 0.15) is 11.2 Å². The molecule has 0 aliphatic heterocycles. The highest BCUT2D eigenvalue weighted by Crippen LogP contribution is 2.44. The minimum Gasteiger partial charge on any atom is -0.455 e. The average molecular weight is 503 g/mol. The summed E-state index contributed by atoms with van der Waals surface area (Å²) in [6.07, 6.45) is 0. The van der Waals surface area contributed by atoms with Crippen molar-refractivity contribution in [3.63, 3.8) is 0 Å². The van der Waals surface area contributed by atoms with Crippen molar-refractivity contribution in [3.05, 3.63) is 145 Å². The molecule has 0 saturated heterocycles. The fraction of sp³-hybridized carbons (Fsp3) is 0. The minimum absolute atomic E-state index is 0.0381. The predicted octanol–water partition coefficient (Wildman–Crippen LogP) is 10.9. The highest BCUT2D eigenvalue weighted by atomic mass is 16.3. The molecule has 0 bridgehead atoms. The molecular weight excluding hydrogens is 472 g/mol. The first kappa shape index (κ1) is 16.7. The second-order valence-corrected chi connectivity index (χ2v) is 9.61. The molecule has 0 unspecified atom stereocenters. The Kier molecular flexibility index (Phi) is 3.72. The molecular formula is C38H24O. The van der Waals surface area contributed by atoms with Crippen molar-refractivity contribution >= 4 is 43.5 Å². The zero-order chi connectivity index (χ0) is 31.0. The van der Waals surface area contributed by atoms with Crippen LogP contribution in [0.5, 0.6) is 0 Å². The quantitative estimate of drug-likeness (QED) is 0.219. The lowest BCUT2D eigenvalue weighted by Gasteiger charge is -2.18.